The molecule has 0 saturated heterocycles. The molecule has 3 rings (SSSR count). The van der Waals surface area contributed by atoms with E-state index in [-0.39, 0.29) is 17.7 Å². The van der Waals surface area contributed by atoms with Crippen LogP contribution in [-0.2, 0) is 16.1 Å². The smallest absolute Gasteiger partial charge is 0.307 e. The van der Waals surface area contributed by atoms with Gasteiger partial charge in [0.1, 0.15) is 0 Å². The van der Waals surface area contributed by atoms with Crippen LogP contribution in [0.2, 0.25) is 0 Å². The summed E-state index contributed by atoms with van der Waals surface area (Å²) in [5, 5.41) is 12.5. The Bertz CT molecular complexity index is 649. The number of nitrogens with one attached hydrogen (secondary N) is 1. The fourth-order valence-corrected chi connectivity index (χ4v) is 4.41. The first-order valence-electron chi connectivity index (χ1n) is 8.07. The number of allylic oxidation sites excluding steroid dienone is 2. The molecule has 2 aliphatic carbocycles. The summed E-state index contributed by atoms with van der Waals surface area (Å²) in [5.41, 5.74) is 3.35. The molecule has 2 fully saturated rings. The van der Waals surface area contributed by atoms with E-state index in [9.17, 15) is 14.7 Å². The normalized spacial score (nSPS) is 28.7. The van der Waals surface area contributed by atoms with Gasteiger partial charge in [-0.3, -0.25) is 14.6 Å². The van der Waals surface area contributed by atoms with E-state index < -0.39 is 17.8 Å². The third kappa shape index (κ3) is 2.76. The summed E-state index contributed by atoms with van der Waals surface area (Å²) >= 11 is 0. The fourth-order valence-electron chi connectivity index (χ4n) is 4.41. The first-order chi connectivity index (χ1) is 11.0. The molecule has 2 N–H and O–H groups in total. The van der Waals surface area contributed by atoms with Crippen molar-refractivity contribution in [2.75, 3.05) is 0 Å². The maximum Gasteiger partial charge on any atom is 0.307 e. The number of pyridine rings is 1. The number of carbonyl (C=O) groups is 2. The van der Waals surface area contributed by atoms with Gasteiger partial charge in [-0.2, -0.15) is 0 Å². The number of carbonyl (C=O) groups excluding carboxylic acids is 1. The van der Waals surface area contributed by atoms with Crippen molar-refractivity contribution in [1.29, 1.82) is 0 Å². The van der Waals surface area contributed by atoms with Crippen LogP contribution in [0.15, 0.2) is 35.7 Å². The highest BCUT2D eigenvalue weighted by atomic mass is 16.4. The van der Waals surface area contributed by atoms with Crippen molar-refractivity contribution in [3.05, 3.63) is 41.2 Å². The monoisotopic (exact) mass is 314 g/mol. The minimum Gasteiger partial charge on any atom is -0.481 e. The highest BCUT2D eigenvalue weighted by molar-refractivity contribution is 5.87. The van der Waals surface area contributed by atoms with Crippen molar-refractivity contribution < 1.29 is 14.7 Å². The second-order valence-corrected chi connectivity index (χ2v) is 6.71. The summed E-state index contributed by atoms with van der Waals surface area (Å²) in [6.07, 6.45) is 5.17. The van der Waals surface area contributed by atoms with Gasteiger partial charge in [0.15, 0.2) is 0 Å². The maximum atomic E-state index is 12.7. The number of amides is 1. The minimum atomic E-state index is -0.847. The molecule has 1 heterocycles. The number of rotatable bonds is 4. The van der Waals surface area contributed by atoms with E-state index in [0.717, 1.165) is 18.4 Å². The van der Waals surface area contributed by atoms with Crippen LogP contribution in [0.5, 0.6) is 0 Å². The molecule has 122 valence electrons. The Morgan fingerprint density at radius 1 is 1.17 bits per heavy atom. The molecule has 5 nitrogen and oxygen atoms in total. The lowest BCUT2D eigenvalue weighted by atomic mass is 9.78. The van der Waals surface area contributed by atoms with Crippen molar-refractivity contribution >= 4 is 11.9 Å². The van der Waals surface area contributed by atoms with Crippen LogP contribution in [0.1, 0.15) is 32.3 Å². The van der Waals surface area contributed by atoms with E-state index in [1.807, 2.05) is 26.0 Å². The Hall–Kier alpha value is -2.17. The molecule has 5 heteroatoms. The predicted octanol–water partition coefficient (Wildman–Crippen LogP) is 2.39. The van der Waals surface area contributed by atoms with Gasteiger partial charge >= 0.3 is 5.97 Å². The molecular weight excluding hydrogens is 292 g/mol. The number of aliphatic carboxylic acids is 1. The third-order valence-corrected chi connectivity index (χ3v) is 5.22. The van der Waals surface area contributed by atoms with Gasteiger partial charge in [-0.05, 0) is 56.2 Å². The topological polar surface area (TPSA) is 79.3 Å². The predicted molar refractivity (Wildman–Crippen MR) is 85.3 cm³/mol. The number of carboxylic acid groups (broad SMARTS) is 1. The van der Waals surface area contributed by atoms with Crippen LogP contribution in [0, 0.1) is 23.7 Å². The first-order valence-corrected chi connectivity index (χ1v) is 8.07. The molecule has 2 aliphatic rings. The van der Waals surface area contributed by atoms with Crippen molar-refractivity contribution in [1.82, 2.24) is 10.3 Å². The summed E-state index contributed by atoms with van der Waals surface area (Å²) in [4.78, 5) is 28.4. The van der Waals surface area contributed by atoms with Gasteiger partial charge in [-0.1, -0.05) is 11.1 Å². The second kappa shape index (κ2) is 6.14. The molecular formula is C18H22N2O3. The molecule has 0 aromatic carbocycles. The van der Waals surface area contributed by atoms with Gasteiger partial charge in [0.2, 0.25) is 5.91 Å². The summed E-state index contributed by atoms with van der Waals surface area (Å²) in [6, 6.07) is 3.69. The lowest BCUT2D eigenvalue weighted by Crippen LogP contribution is -2.41. The van der Waals surface area contributed by atoms with E-state index >= 15 is 0 Å². The summed E-state index contributed by atoms with van der Waals surface area (Å²) in [7, 11) is 0. The lowest BCUT2D eigenvalue weighted by Gasteiger charge is -2.26. The van der Waals surface area contributed by atoms with E-state index in [0.29, 0.717) is 6.54 Å². The number of fused-ring (bicyclic) bond motifs is 2. The second-order valence-electron chi connectivity index (χ2n) is 6.71. The standard InChI is InChI=1S/C18H22N2O3/c1-10(2)14-12-3-4-13(14)16(18(22)23)15(12)17(21)20-9-11-5-7-19-8-6-11/h5-8,12-13,15-16H,3-4,9H2,1-2H3,(H,20,21)(H,22,23)/t12-,13+,15+,16-/m0/s1. The maximum absolute atomic E-state index is 12.7. The third-order valence-electron chi connectivity index (χ3n) is 5.22. The molecule has 0 spiro atoms. The Morgan fingerprint density at radius 2 is 1.78 bits per heavy atom. The average molecular weight is 314 g/mol. The summed E-state index contributed by atoms with van der Waals surface area (Å²) in [6.45, 7) is 4.46. The first kappa shape index (κ1) is 15.7. The van der Waals surface area contributed by atoms with Gasteiger partial charge in [0.05, 0.1) is 11.8 Å². The molecule has 4 atom stereocenters. The van der Waals surface area contributed by atoms with Gasteiger partial charge in [-0.15, -0.1) is 0 Å². The van der Waals surface area contributed by atoms with Crippen LogP contribution in [0.25, 0.3) is 0 Å². The Kier molecular flexibility index (Phi) is 4.20. The number of hydrogen-bond acceptors (Lipinski definition) is 3. The van der Waals surface area contributed by atoms with E-state index in [2.05, 4.69) is 10.3 Å². The molecule has 0 aliphatic heterocycles. The number of hydrogen-bond donors (Lipinski definition) is 2. The zero-order valence-electron chi connectivity index (χ0n) is 13.5. The van der Waals surface area contributed by atoms with Crippen LogP contribution >= 0.6 is 0 Å². The molecule has 0 unspecified atom stereocenters. The molecule has 1 aromatic rings. The van der Waals surface area contributed by atoms with Gasteiger partial charge in [0.25, 0.3) is 0 Å². The zero-order valence-corrected chi connectivity index (χ0v) is 13.5. The molecule has 0 radical (unpaired) electrons. The number of nitrogens with zero attached hydrogens (tertiary/aromatic N) is 1. The Balaban J connectivity index is 1.79. The van der Waals surface area contributed by atoms with E-state index in [1.54, 1.807) is 12.4 Å². The van der Waals surface area contributed by atoms with Crippen LogP contribution in [-0.4, -0.2) is 22.0 Å². The SMILES string of the molecule is CC(C)=C1[C@H]2CC[C@@H]1[C@@H](C(=O)NCc1ccncc1)[C@H]2C(=O)O. The largest absolute Gasteiger partial charge is 0.481 e. The fraction of sp³-hybridized carbons (Fsp3) is 0.500. The lowest BCUT2D eigenvalue weighted by molar-refractivity contribution is -0.149. The Morgan fingerprint density at radius 3 is 2.35 bits per heavy atom. The zero-order chi connectivity index (χ0) is 16.6. The van der Waals surface area contributed by atoms with Gasteiger partial charge in [-0.25, -0.2) is 0 Å². The molecule has 1 aromatic heterocycles. The summed E-state index contributed by atoms with van der Waals surface area (Å²) in [5.74, 6) is -1.91. The number of carboxylic acids is 1. The van der Waals surface area contributed by atoms with Gasteiger partial charge < -0.3 is 10.4 Å². The van der Waals surface area contributed by atoms with E-state index in [1.165, 1.54) is 11.1 Å². The average Bonchev–Trinajstić information content (AvgIpc) is 3.09. The molecule has 2 bridgehead atoms. The molecule has 2 saturated carbocycles. The highest BCUT2D eigenvalue weighted by Gasteiger charge is 2.57. The van der Waals surface area contributed by atoms with Crippen molar-refractivity contribution in [2.24, 2.45) is 23.7 Å². The quantitative estimate of drug-likeness (QED) is 0.836. The minimum absolute atomic E-state index is 0.0270. The number of aromatic nitrogens is 1. The van der Waals surface area contributed by atoms with Crippen molar-refractivity contribution in [3.63, 3.8) is 0 Å². The van der Waals surface area contributed by atoms with Gasteiger partial charge in [0, 0.05) is 18.9 Å². The van der Waals surface area contributed by atoms with Crippen molar-refractivity contribution in [2.45, 2.75) is 33.2 Å². The van der Waals surface area contributed by atoms with Crippen LogP contribution in [0.4, 0.5) is 0 Å². The molecule has 23 heavy (non-hydrogen) atoms. The van der Waals surface area contributed by atoms with Crippen LogP contribution in [0.3, 0.4) is 0 Å². The Labute approximate surface area is 135 Å². The van der Waals surface area contributed by atoms with Crippen molar-refractivity contribution in [3.8, 4) is 0 Å². The summed E-state index contributed by atoms with van der Waals surface area (Å²) < 4.78 is 0. The van der Waals surface area contributed by atoms with E-state index in [4.69, 9.17) is 0 Å². The molecule has 1 amide bonds. The van der Waals surface area contributed by atoms with Crippen LogP contribution < -0.4 is 5.32 Å². The highest BCUT2D eigenvalue weighted by Crippen LogP contribution is 2.57.